The lowest BCUT2D eigenvalue weighted by atomic mass is 10.2. The summed E-state index contributed by atoms with van der Waals surface area (Å²) in [6.45, 7) is 3.72. The molecule has 7 heteroatoms. The molecule has 0 spiro atoms. The topological polar surface area (TPSA) is 78.5 Å². The maximum absolute atomic E-state index is 12.5. The molecule has 3 atom stereocenters. The van der Waals surface area contributed by atoms with Crippen molar-refractivity contribution in [3.63, 3.8) is 0 Å². The van der Waals surface area contributed by atoms with Gasteiger partial charge in [-0.25, -0.2) is 0 Å². The van der Waals surface area contributed by atoms with Crippen molar-refractivity contribution in [1.29, 1.82) is 0 Å². The van der Waals surface area contributed by atoms with E-state index in [0.717, 1.165) is 32.1 Å². The zero-order chi connectivity index (χ0) is 16.6. The van der Waals surface area contributed by atoms with E-state index in [4.69, 9.17) is 0 Å². The summed E-state index contributed by atoms with van der Waals surface area (Å²) in [6, 6.07) is -0.785. The molecule has 3 fully saturated rings. The van der Waals surface area contributed by atoms with Gasteiger partial charge in [-0.15, -0.1) is 11.8 Å². The van der Waals surface area contributed by atoms with Crippen LogP contribution in [0.3, 0.4) is 0 Å². The van der Waals surface area contributed by atoms with Gasteiger partial charge in [-0.1, -0.05) is 12.8 Å². The van der Waals surface area contributed by atoms with Crippen molar-refractivity contribution >= 4 is 29.5 Å². The Kier molecular flexibility index (Phi) is 4.58. The van der Waals surface area contributed by atoms with Crippen molar-refractivity contribution in [2.45, 2.75) is 75.4 Å². The third-order valence-electron chi connectivity index (χ3n) is 5.20. The molecule has 0 aromatic rings. The largest absolute Gasteiger partial charge is 0.352 e. The van der Waals surface area contributed by atoms with E-state index in [1.807, 2.05) is 6.92 Å². The van der Waals surface area contributed by atoms with E-state index in [-0.39, 0.29) is 28.6 Å². The van der Waals surface area contributed by atoms with E-state index in [1.54, 1.807) is 23.6 Å². The number of nitrogens with zero attached hydrogens (tertiary/aromatic N) is 1. The molecule has 23 heavy (non-hydrogen) atoms. The van der Waals surface area contributed by atoms with Gasteiger partial charge in [-0.2, -0.15) is 0 Å². The molecule has 0 radical (unpaired) electrons. The molecule has 3 rings (SSSR count). The summed E-state index contributed by atoms with van der Waals surface area (Å²) in [6.07, 6.45) is 5.64. The minimum atomic E-state index is -0.572. The fourth-order valence-corrected chi connectivity index (χ4v) is 5.22. The molecule has 3 aliphatic rings. The fourth-order valence-electron chi connectivity index (χ4n) is 3.79. The summed E-state index contributed by atoms with van der Waals surface area (Å²) < 4.78 is 0. The first-order valence-electron chi connectivity index (χ1n) is 8.47. The first kappa shape index (κ1) is 16.6. The maximum Gasteiger partial charge on any atom is 0.244 e. The second-order valence-electron chi connectivity index (χ2n) is 6.99. The van der Waals surface area contributed by atoms with E-state index in [1.165, 1.54) is 0 Å². The Hall–Kier alpha value is -1.24. The van der Waals surface area contributed by atoms with Gasteiger partial charge in [0.15, 0.2) is 0 Å². The number of thioether (sulfide) groups is 1. The minimum absolute atomic E-state index is 0.0423. The first-order chi connectivity index (χ1) is 10.9. The molecule has 2 heterocycles. The zero-order valence-electron chi connectivity index (χ0n) is 13.8. The van der Waals surface area contributed by atoms with Crippen molar-refractivity contribution in [2.75, 3.05) is 5.75 Å². The van der Waals surface area contributed by atoms with Crippen molar-refractivity contribution in [1.82, 2.24) is 15.5 Å². The molecule has 0 aromatic heterocycles. The Morgan fingerprint density at radius 2 is 2.04 bits per heavy atom. The Morgan fingerprint density at radius 3 is 2.74 bits per heavy atom. The predicted octanol–water partition coefficient (Wildman–Crippen LogP) is 1.00. The van der Waals surface area contributed by atoms with Crippen LogP contribution in [0.15, 0.2) is 0 Å². The lowest BCUT2D eigenvalue weighted by Crippen LogP contribution is -2.55. The molecule has 2 saturated heterocycles. The van der Waals surface area contributed by atoms with Crippen LogP contribution in [0.5, 0.6) is 0 Å². The van der Waals surface area contributed by atoms with E-state index < -0.39 is 12.1 Å². The van der Waals surface area contributed by atoms with Gasteiger partial charge in [-0.05, 0) is 33.1 Å². The van der Waals surface area contributed by atoms with Gasteiger partial charge in [0, 0.05) is 18.2 Å². The molecule has 0 bridgehead atoms. The highest BCUT2D eigenvalue weighted by molar-refractivity contribution is 8.01. The van der Waals surface area contributed by atoms with Crippen molar-refractivity contribution in [2.24, 2.45) is 0 Å². The molecule has 1 saturated carbocycles. The van der Waals surface area contributed by atoms with Crippen molar-refractivity contribution < 1.29 is 14.4 Å². The smallest absolute Gasteiger partial charge is 0.244 e. The van der Waals surface area contributed by atoms with Crippen LogP contribution in [0.25, 0.3) is 0 Å². The average Bonchev–Trinajstić information content (AvgIpc) is 3.18. The lowest BCUT2D eigenvalue weighted by molar-refractivity contribution is -0.139. The number of carbonyl (C=O) groups is 3. The Bertz CT molecular complexity index is 521. The maximum atomic E-state index is 12.5. The van der Waals surface area contributed by atoms with Gasteiger partial charge < -0.3 is 15.5 Å². The van der Waals surface area contributed by atoms with Crippen LogP contribution in [-0.4, -0.2) is 51.4 Å². The van der Waals surface area contributed by atoms with Crippen LogP contribution >= 0.6 is 11.8 Å². The molecule has 3 amide bonds. The summed E-state index contributed by atoms with van der Waals surface area (Å²) in [5.41, 5.74) is 0. The van der Waals surface area contributed by atoms with E-state index in [0.29, 0.717) is 12.2 Å². The number of nitrogens with one attached hydrogen (secondary N) is 2. The standard InChI is InChI=1S/C16H25N3O3S/c1-10(14(21)18-11-5-3-4-6-11)17-15(22)12-9-23-16(2)8-7-13(20)19(12)16/h10-12H,3-9H2,1-2H3,(H,17,22)(H,18,21)/t10-,12+,16+/m0/s1. The van der Waals surface area contributed by atoms with Crippen molar-refractivity contribution in [3.8, 4) is 0 Å². The van der Waals surface area contributed by atoms with Crippen LogP contribution in [0, 0.1) is 0 Å². The molecule has 6 nitrogen and oxygen atoms in total. The van der Waals surface area contributed by atoms with E-state index >= 15 is 0 Å². The van der Waals surface area contributed by atoms with Gasteiger partial charge in [0.2, 0.25) is 17.7 Å². The third-order valence-corrected chi connectivity index (χ3v) is 6.71. The molecular formula is C16H25N3O3S. The highest BCUT2D eigenvalue weighted by Crippen LogP contribution is 2.47. The predicted molar refractivity (Wildman–Crippen MR) is 88.7 cm³/mol. The fraction of sp³-hybridized carbons (Fsp3) is 0.812. The van der Waals surface area contributed by atoms with E-state index in [2.05, 4.69) is 10.6 Å². The highest BCUT2D eigenvalue weighted by atomic mass is 32.2. The summed E-state index contributed by atoms with van der Waals surface area (Å²) >= 11 is 1.66. The number of amides is 3. The minimum Gasteiger partial charge on any atom is -0.352 e. The van der Waals surface area contributed by atoms with Gasteiger partial charge in [0.1, 0.15) is 12.1 Å². The second-order valence-corrected chi connectivity index (χ2v) is 8.49. The monoisotopic (exact) mass is 339 g/mol. The summed E-state index contributed by atoms with van der Waals surface area (Å²) in [5, 5.41) is 5.79. The first-order valence-corrected chi connectivity index (χ1v) is 9.46. The van der Waals surface area contributed by atoms with Gasteiger partial charge >= 0.3 is 0 Å². The number of hydrogen-bond donors (Lipinski definition) is 2. The number of hydrogen-bond acceptors (Lipinski definition) is 4. The van der Waals surface area contributed by atoms with Gasteiger partial charge in [0.25, 0.3) is 0 Å². The van der Waals surface area contributed by atoms with Gasteiger partial charge in [-0.3, -0.25) is 14.4 Å². The molecule has 2 N–H and O–H groups in total. The van der Waals surface area contributed by atoms with Gasteiger partial charge in [0.05, 0.1) is 4.87 Å². The Morgan fingerprint density at radius 1 is 1.35 bits per heavy atom. The second kappa shape index (κ2) is 6.34. The molecule has 2 aliphatic heterocycles. The van der Waals surface area contributed by atoms with Crippen LogP contribution in [0.2, 0.25) is 0 Å². The van der Waals surface area contributed by atoms with Crippen LogP contribution in [-0.2, 0) is 14.4 Å². The number of carbonyl (C=O) groups excluding carboxylic acids is 3. The molecule has 0 unspecified atom stereocenters. The Labute approximate surface area is 141 Å². The van der Waals surface area contributed by atoms with Crippen LogP contribution < -0.4 is 10.6 Å². The van der Waals surface area contributed by atoms with Crippen molar-refractivity contribution in [3.05, 3.63) is 0 Å². The average molecular weight is 339 g/mol. The number of fused-ring (bicyclic) bond motifs is 1. The number of rotatable bonds is 4. The Balaban J connectivity index is 1.56. The summed E-state index contributed by atoms with van der Waals surface area (Å²) in [4.78, 5) is 38.3. The molecule has 1 aliphatic carbocycles. The van der Waals surface area contributed by atoms with Crippen LogP contribution in [0.4, 0.5) is 0 Å². The third kappa shape index (κ3) is 3.20. The SMILES string of the molecule is C[C@H](NC(=O)[C@H]1CS[C@]2(C)CCC(=O)N12)C(=O)NC1CCCC1. The van der Waals surface area contributed by atoms with E-state index in [9.17, 15) is 14.4 Å². The molecule has 0 aromatic carbocycles. The molecule has 128 valence electrons. The molecular weight excluding hydrogens is 314 g/mol. The zero-order valence-corrected chi connectivity index (χ0v) is 14.6. The lowest BCUT2D eigenvalue weighted by Gasteiger charge is -2.30. The highest BCUT2D eigenvalue weighted by Gasteiger charge is 2.53. The summed E-state index contributed by atoms with van der Waals surface area (Å²) in [7, 11) is 0. The summed E-state index contributed by atoms with van der Waals surface area (Å²) in [5.74, 6) is 0.295. The van der Waals surface area contributed by atoms with Crippen LogP contribution in [0.1, 0.15) is 52.4 Å². The quantitative estimate of drug-likeness (QED) is 0.801. The normalized spacial score (nSPS) is 32.0.